The number of nitrogens with zero attached hydrogens (tertiary/aromatic N) is 5. The van der Waals surface area contributed by atoms with Crippen LogP contribution >= 0.6 is 0 Å². The van der Waals surface area contributed by atoms with Crippen molar-refractivity contribution in [2.75, 3.05) is 26.2 Å². The van der Waals surface area contributed by atoms with Crippen molar-refractivity contribution >= 4 is 16.0 Å². The summed E-state index contributed by atoms with van der Waals surface area (Å²) in [7, 11) is -3.42. The van der Waals surface area contributed by atoms with Crippen molar-refractivity contribution in [3.8, 4) is 0 Å². The minimum absolute atomic E-state index is 0.0301. The van der Waals surface area contributed by atoms with Crippen molar-refractivity contribution in [2.24, 2.45) is 18.0 Å². The molecule has 2 N–H and O–H groups in total. The van der Waals surface area contributed by atoms with Gasteiger partial charge in [-0.2, -0.15) is 17.5 Å². The Kier molecular flexibility index (Phi) is 7.63. The van der Waals surface area contributed by atoms with E-state index in [1.54, 1.807) is 6.08 Å². The molecule has 0 radical (unpaired) electrons. The highest BCUT2D eigenvalue weighted by Gasteiger charge is 2.50. The van der Waals surface area contributed by atoms with E-state index in [0.29, 0.717) is 48.6 Å². The van der Waals surface area contributed by atoms with Crippen LogP contribution < -0.4 is 10.6 Å². The average Bonchev–Trinajstić information content (AvgIpc) is 2.99. The second-order valence-corrected chi connectivity index (χ2v) is 8.66. The minimum Gasteiger partial charge on any atom is -0.356 e. The molecule has 0 atom stereocenters. The lowest BCUT2D eigenvalue weighted by atomic mass is 9.98. The second kappa shape index (κ2) is 9.57. The summed E-state index contributed by atoms with van der Waals surface area (Å²) in [5, 5.41) is 14.2. The lowest BCUT2D eigenvalue weighted by Crippen LogP contribution is -2.47. The molecule has 1 aromatic heterocycles. The summed E-state index contributed by atoms with van der Waals surface area (Å²) in [5.41, 5.74) is -5.26. The predicted octanol–water partition coefficient (Wildman–Crippen LogP) is 0.906. The van der Waals surface area contributed by atoms with E-state index >= 15 is 0 Å². The largest absolute Gasteiger partial charge is 0.511 e. The number of aliphatic imine (C=N–C) groups is 1. The van der Waals surface area contributed by atoms with Gasteiger partial charge in [-0.05, 0) is 25.7 Å². The zero-order chi connectivity index (χ0) is 21.7. The number of rotatable bonds is 7. The van der Waals surface area contributed by atoms with Crippen molar-refractivity contribution in [1.29, 1.82) is 0 Å². The summed E-state index contributed by atoms with van der Waals surface area (Å²) in [4.78, 5) is 4.44. The minimum atomic E-state index is -5.26. The molecule has 0 unspecified atom stereocenters. The molecule has 0 spiro atoms. The number of hydrogen-bond donors (Lipinski definition) is 2. The third-order valence-electron chi connectivity index (χ3n) is 4.74. The van der Waals surface area contributed by atoms with Gasteiger partial charge in [0, 0.05) is 33.2 Å². The van der Waals surface area contributed by atoms with Gasteiger partial charge in [0.05, 0.1) is 0 Å². The fraction of sp³-hybridized carbons (Fsp3) is 0.688. The maximum atomic E-state index is 12.7. The maximum absolute atomic E-state index is 12.7. The summed E-state index contributed by atoms with van der Waals surface area (Å²) < 4.78 is 63.3. The molecule has 2 rings (SSSR count). The van der Waals surface area contributed by atoms with Crippen molar-refractivity contribution < 1.29 is 21.6 Å². The number of alkyl halides is 3. The smallest absolute Gasteiger partial charge is 0.356 e. The van der Waals surface area contributed by atoms with Crippen LogP contribution in [0.3, 0.4) is 0 Å². The molecule has 1 saturated heterocycles. The molecular formula is C16H26F3N7O2S. The first kappa shape index (κ1) is 23.1. The Morgan fingerprint density at radius 3 is 2.48 bits per heavy atom. The van der Waals surface area contributed by atoms with E-state index in [9.17, 15) is 21.6 Å². The number of aryl methyl sites for hydroxylation is 1. The summed E-state index contributed by atoms with van der Waals surface area (Å²) in [5.74, 6) is 2.00. The van der Waals surface area contributed by atoms with Gasteiger partial charge in [0.25, 0.3) is 0 Å². The Labute approximate surface area is 168 Å². The van der Waals surface area contributed by atoms with Crippen molar-refractivity contribution in [1.82, 2.24) is 29.7 Å². The van der Waals surface area contributed by atoms with Crippen LogP contribution in [0, 0.1) is 12.8 Å². The first-order valence-corrected chi connectivity index (χ1v) is 10.5. The zero-order valence-electron chi connectivity index (χ0n) is 16.4. The Balaban J connectivity index is 1.90. The first-order valence-electron chi connectivity index (χ1n) is 9.10. The summed E-state index contributed by atoms with van der Waals surface area (Å²) in [6.45, 7) is 6.40. The molecule has 1 aliphatic heterocycles. The molecular weight excluding hydrogens is 411 g/mol. The van der Waals surface area contributed by atoms with Gasteiger partial charge in [-0.3, -0.25) is 0 Å². The summed E-state index contributed by atoms with van der Waals surface area (Å²) in [6, 6.07) is 0. The van der Waals surface area contributed by atoms with Gasteiger partial charge in [0.15, 0.2) is 11.8 Å². The van der Waals surface area contributed by atoms with Gasteiger partial charge in [-0.1, -0.05) is 6.08 Å². The number of nitrogens with one attached hydrogen (secondary N) is 2. The Morgan fingerprint density at radius 2 is 1.97 bits per heavy atom. The Morgan fingerprint density at radius 1 is 1.31 bits per heavy atom. The van der Waals surface area contributed by atoms with Crippen LogP contribution in [0.4, 0.5) is 13.2 Å². The van der Waals surface area contributed by atoms with Gasteiger partial charge >= 0.3 is 15.5 Å². The highest BCUT2D eigenvalue weighted by molar-refractivity contribution is 7.90. The number of piperidine rings is 1. The zero-order valence-corrected chi connectivity index (χ0v) is 17.2. The lowest BCUT2D eigenvalue weighted by Gasteiger charge is -2.31. The average molecular weight is 437 g/mol. The van der Waals surface area contributed by atoms with Gasteiger partial charge in [0.2, 0.25) is 0 Å². The number of guanidine groups is 1. The Bertz CT molecular complexity index is 828. The van der Waals surface area contributed by atoms with Crippen LogP contribution in [0.15, 0.2) is 17.6 Å². The van der Waals surface area contributed by atoms with Crippen molar-refractivity contribution in [3.63, 3.8) is 0 Å². The van der Waals surface area contributed by atoms with Crippen LogP contribution in [-0.2, 0) is 23.6 Å². The molecule has 0 aromatic carbocycles. The molecule has 29 heavy (non-hydrogen) atoms. The molecule has 0 bridgehead atoms. The van der Waals surface area contributed by atoms with Crippen molar-refractivity contribution in [2.45, 2.75) is 31.8 Å². The van der Waals surface area contributed by atoms with Crippen molar-refractivity contribution in [3.05, 3.63) is 24.3 Å². The fourth-order valence-corrected chi connectivity index (χ4v) is 3.81. The SMILES string of the molecule is C=CCNC(=NCc1nnc(C)n1C)NCC1CCN(S(=O)(=O)C(F)(F)F)CC1. The molecule has 0 saturated carbocycles. The quantitative estimate of drug-likeness (QED) is 0.373. The fourth-order valence-electron chi connectivity index (χ4n) is 2.82. The normalized spacial score (nSPS) is 17.3. The van der Waals surface area contributed by atoms with Gasteiger partial charge in [-0.25, -0.2) is 13.4 Å². The van der Waals surface area contributed by atoms with Crippen LogP contribution in [-0.4, -0.2) is 65.1 Å². The van der Waals surface area contributed by atoms with Crippen LogP contribution in [0.5, 0.6) is 0 Å². The van der Waals surface area contributed by atoms with E-state index in [1.807, 2.05) is 18.5 Å². The predicted molar refractivity (Wildman–Crippen MR) is 102 cm³/mol. The van der Waals surface area contributed by atoms with Crippen LogP contribution in [0.25, 0.3) is 0 Å². The van der Waals surface area contributed by atoms with Gasteiger partial charge in [0.1, 0.15) is 12.4 Å². The summed E-state index contributed by atoms with van der Waals surface area (Å²) in [6.07, 6.45) is 2.34. The second-order valence-electron chi connectivity index (χ2n) is 6.73. The van der Waals surface area contributed by atoms with Gasteiger partial charge in [-0.15, -0.1) is 16.8 Å². The summed E-state index contributed by atoms with van der Waals surface area (Å²) >= 11 is 0. The topological polar surface area (TPSA) is 105 Å². The number of halogens is 3. The van der Waals surface area contributed by atoms with E-state index < -0.39 is 15.5 Å². The highest BCUT2D eigenvalue weighted by atomic mass is 32.2. The number of hydrogen-bond acceptors (Lipinski definition) is 5. The molecule has 164 valence electrons. The molecule has 0 amide bonds. The first-order chi connectivity index (χ1) is 13.6. The van der Waals surface area contributed by atoms with E-state index in [0.717, 1.165) is 5.82 Å². The Hall–Kier alpha value is -2.15. The van der Waals surface area contributed by atoms with Crippen LogP contribution in [0.1, 0.15) is 24.5 Å². The van der Waals surface area contributed by atoms with E-state index in [1.165, 1.54) is 0 Å². The van der Waals surface area contributed by atoms with E-state index in [2.05, 4.69) is 32.4 Å². The standard InChI is InChI=1S/C16H26F3N7O2S/c1-4-7-20-15(22-11-14-24-23-12(2)25(14)3)21-10-13-5-8-26(9-6-13)29(27,28)16(17,18)19/h4,13H,1,5-11H2,2-3H3,(H2,20,21,22). The number of aromatic nitrogens is 3. The molecule has 1 fully saturated rings. The highest BCUT2D eigenvalue weighted by Crippen LogP contribution is 2.30. The third kappa shape index (κ3) is 5.92. The molecule has 1 aromatic rings. The van der Waals surface area contributed by atoms with E-state index in [-0.39, 0.29) is 19.0 Å². The molecule has 0 aliphatic carbocycles. The lowest BCUT2D eigenvalue weighted by molar-refractivity contribution is -0.0496. The maximum Gasteiger partial charge on any atom is 0.511 e. The van der Waals surface area contributed by atoms with Crippen LogP contribution in [0.2, 0.25) is 0 Å². The molecule has 1 aliphatic rings. The monoisotopic (exact) mass is 437 g/mol. The van der Waals surface area contributed by atoms with Gasteiger partial charge < -0.3 is 15.2 Å². The number of sulfonamides is 1. The third-order valence-corrected chi connectivity index (χ3v) is 6.37. The van der Waals surface area contributed by atoms with E-state index in [4.69, 9.17) is 0 Å². The molecule has 2 heterocycles. The molecule has 13 heteroatoms. The molecule has 9 nitrogen and oxygen atoms in total.